The van der Waals surface area contributed by atoms with Crippen molar-refractivity contribution >= 4 is 17.1 Å². The largest absolute Gasteiger partial charge is 0.337 e. The van der Waals surface area contributed by atoms with Gasteiger partial charge in [0.05, 0.1) is 17.2 Å². The maximum Gasteiger partial charge on any atom is 0.130 e. The molecule has 76 valence electrons. The van der Waals surface area contributed by atoms with Gasteiger partial charge in [-0.1, -0.05) is 6.58 Å². The van der Waals surface area contributed by atoms with E-state index in [4.69, 9.17) is 0 Å². The average Bonchev–Trinajstić information content (AvgIpc) is 2.96. The lowest BCUT2D eigenvalue weighted by atomic mass is 10.2. The highest BCUT2D eigenvalue weighted by Gasteiger charge is 2.22. The van der Waals surface area contributed by atoms with E-state index in [0.29, 0.717) is 0 Å². The van der Waals surface area contributed by atoms with Crippen LogP contribution in [0.25, 0.3) is 17.1 Å². The van der Waals surface area contributed by atoms with Crippen LogP contribution in [0.4, 0.5) is 0 Å². The van der Waals surface area contributed by atoms with Gasteiger partial charge in [-0.15, -0.1) is 0 Å². The fraction of sp³-hybridized carbons (Fsp3) is 0.333. The molecule has 2 aromatic heterocycles. The molecule has 2 aromatic rings. The van der Waals surface area contributed by atoms with Crippen LogP contribution in [-0.4, -0.2) is 15.0 Å². The Morgan fingerprint density at radius 2 is 2.40 bits per heavy atom. The van der Waals surface area contributed by atoms with Crippen LogP contribution < -0.4 is 0 Å². The summed E-state index contributed by atoms with van der Waals surface area (Å²) >= 11 is 0. The van der Waals surface area contributed by atoms with E-state index >= 15 is 0 Å². The number of hydrogen-bond acceptors (Lipinski definition) is 2. The lowest BCUT2D eigenvalue weighted by Gasteiger charge is -1.96. The van der Waals surface area contributed by atoms with Crippen molar-refractivity contribution in [2.24, 2.45) is 5.92 Å². The van der Waals surface area contributed by atoms with Crippen molar-refractivity contribution < 1.29 is 0 Å². The van der Waals surface area contributed by atoms with Crippen LogP contribution in [0.5, 0.6) is 0 Å². The van der Waals surface area contributed by atoms with E-state index in [9.17, 15) is 0 Å². The summed E-state index contributed by atoms with van der Waals surface area (Å²) in [6, 6.07) is 2.08. The number of rotatable bonds is 3. The molecule has 3 rings (SSSR count). The molecule has 3 heteroatoms. The van der Waals surface area contributed by atoms with Gasteiger partial charge in [-0.25, -0.2) is 4.98 Å². The lowest BCUT2D eigenvalue weighted by Crippen LogP contribution is -1.90. The first kappa shape index (κ1) is 8.65. The van der Waals surface area contributed by atoms with E-state index < -0.39 is 0 Å². The van der Waals surface area contributed by atoms with Crippen LogP contribution in [0, 0.1) is 5.92 Å². The second-order valence-corrected chi connectivity index (χ2v) is 4.17. The molecule has 1 saturated carbocycles. The van der Waals surface area contributed by atoms with Gasteiger partial charge in [0.1, 0.15) is 5.82 Å². The van der Waals surface area contributed by atoms with E-state index in [-0.39, 0.29) is 0 Å². The SMILES string of the molecule is C=Cc1nc2cc(CC3CC3)ncc2[nH]1. The Labute approximate surface area is 88.3 Å². The Bertz CT molecular complexity index is 509. The van der Waals surface area contributed by atoms with E-state index in [1.165, 1.54) is 12.8 Å². The molecule has 1 N–H and O–H groups in total. The minimum absolute atomic E-state index is 0.815. The number of aromatic nitrogens is 3. The van der Waals surface area contributed by atoms with Gasteiger partial charge in [-0.3, -0.25) is 4.98 Å². The van der Waals surface area contributed by atoms with Crippen molar-refractivity contribution in [3.8, 4) is 0 Å². The van der Waals surface area contributed by atoms with E-state index in [1.54, 1.807) is 6.08 Å². The number of fused-ring (bicyclic) bond motifs is 1. The molecule has 0 bridgehead atoms. The van der Waals surface area contributed by atoms with Crippen LogP contribution in [-0.2, 0) is 6.42 Å². The van der Waals surface area contributed by atoms with Gasteiger partial charge < -0.3 is 4.98 Å². The third kappa shape index (κ3) is 1.65. The predicted octanol–water partition coefficient (Wildman–Crippen LogP) is 2.55. The standard InChI is InChI=1S/C12H13N3/c1-2-12-14-10-6-9(5-8-3-4-8)13-7-11(10)15-12/h2,6-8H,1,3-5H2,(H,14,15). The Morgan fingerprint density at radius 1 is 1.53 bits per heavy atom. The molecule has 0 aromatic carbocycles. The quantitative estimate of drug-likeness (QED) is 0.825. The van der Waals surface area contributed by atoms with Gasteiger partial charge in [0.2, 0.25) is 0 Å². The smallest absolute Gasteiger partial charge is 0.130 e. The number of H-pyrrole nitrogens is 1. The minimum Gasteiger partial charge on any atom is -0.337 e. The Kier molecular flexibility index (Phi) is 1.84. The number of nitrogens with one attached hydrogen (secondary N) is 1. The Morgan fingerprint density at radius 3 is 3.13 bits per heavy atom. The van der Waals surface area contributed by atoms with E-state index in [1.807, 2.05) is 6.20 Å². The first-order valence-corrected chi connectivity index (χ1v) is 5.32. The topological polar surface area (TPSA) is 41.6 Å². The number of hydrogen-bond donors (Lipinski definition) is 1. The number of nitrogens with zero attached hydrogens (tertiary/aromatic N) is 2. The molecule has 3 nitrogen and oxygen atoms in total. The summed E-state index contributed by atoms with van der Waals surface area (Å²) < 4.78 is 0. The predicted molar refractivity (Wildman–Crippen MR) is 60.4 cm³/mol. The fourth-order valence-corrected chi connectivity index (χ4v) is 1.80. The molecular formula is C12H13N3. The molecule has 1 aliphatic rings. The monoisotopic (exact) mass is 199 g/mol. The summed E-state index contributed by atoms with van der Waals surface area (Å²) in [7, 11) is 0. The normalized spacial score (nSPS) is 15.7. The number of imidazole rings is 1. The summed E-state index contributed by atoms with van der Waals surface area (Å²) in [6.45, 7) is 3.69. The van der Waals surface area contributed by atoms with Crippen LogP contribution >= 0.6 is 0 Å². The highest BCUT2D eigenvalue weighted by Crippen LogP contribution is 2.32. The summed E-state index contributed by atoms with van der Waals surface area (Å²) in [5.74, 6) is 1.68. The summed E-state index contributed by atoms with van der Waals surface area (Å²) in [6.07, 6.45) is 7.41. The van der Waals surface area contributed by atoms with E-state index in [2.05, 4.69) is 27.6 Å². The summed E-state index contributed by atoms with van der Waals surface area (Å²) in [4.78, 5) is 12.0. The number of aromatic amines is 1. The molecule has 0 atom stereocenters. The lowest BCUT2D eigenvalue weighted by molar-refractivity contribution is 0.806. The zero-order valence-corrected chi connectivity index (χ0v) is 8.53. The van der Waals surface area contributed by atoms with Gasteiger partial charge in [-0.2, -0.15) is 0 Å². The van der Waals surface area contributed by atoms with Crippen LogP contribution in [0.2, 0.25) is 0 Å². The fourth-order valence-electron chi connectivity index (χ4n) is 1.80. The van der Waals surface area contributed by atoms with Gasteiger partial charge in [0.25, 0.3) is 0 Å². The number of pyridine rings is 1. The second kappa shape index (κ2) is 3.19. The third-order valence-corrected chi connectivity index (χ3v) is 2.83. The van der Waals surface area contributed by atoms with Crippen LogP contribution in [0.15, 0.2) is 18.8 Å². The van der Waals surface area contributed by atoms with Gasteiger partial charge in [0.15, 0.2) is 0 Å². The van der Waals surface area contributed by atoms with Crippen molar-refractivity contribution in [2.75, 3.05) is 0 Å². The molecule has 0 amide bonds. The van der Waals surface area contributed by atoms with E-state index in [0.717, 1.165) is 34.9 Å². The first-order chi connectivity index (χ1) is 7.35. The maximum atomic E-state index is 4.43. The zero-order valence-electron chi connectivity index (χ0n) is 8.53. The summed E-state index contributed by atoms with van der Waals surface area (Å²) in [5.41, 5.74) is 3.15. The minimum atomic E-state index is 0.815. The summed E-state index contributed by atoms with van der Waals surface area (Å²) in [5, 5.41) is 0. The molecule has 15 heavy (non-hydrogen) atoms. The highest BCUT2D eigenvalue weighted by atomic mass is 14.9. The zero-order chi connectivity index (χ0) is 10.3. The molecule has 0 spiro atoms. The Hall–Kier alpha value is -1.64. The molecule has 0 radical (unpaired) electrons. The highest BCUT2D eigenvalue weighted by molar-refractivity contribution is 5.76. The Balaban J connectivity index is 1.99. The molecule has 0 aliphatic heterocycles. The van der Waals surface area contributed by atoms with Crippen molar-refractivity contribution in [1.82, 2.24) is 15.0 Å². The van der Waals surface area contributed by atoms with Gasteiger partial charge in [-0.05, 0) is 37.3 Å². The third-order valence-electron chi connectivity index (χ3n) is 2.83. The average molecular weight is 199 g/mol. The van der Waals surface area contributed by atoms with Crippen molar-refractivity contribution in [3.63, 3.8) is 0 Å². The first-order valence-electron chi connectivity index (χ1n) is 5.32. The van der Waals surface area contributed by atoms with Gasteiger partial charge in [0, 0.05) is 5.69 Å². The van der Waals surface area contributed by atoms with Crippen molar-refractivity contribution in [1.29, 1.82) is 0 Å². The molecule has 1 aliphatic carbocycles. The van der Waals surface area contributed by atoms with Gasteiger partial charge >= 0.3 is 0 Å². The van der Waals surface area contributed by atoms with Crippen molar-refractivity contribution in [3.05, 3.63) is 30.4 Å². The second-order valence-electron chi connectivity index (χ2n) is 4.17. The molecule has 0 saturated heterocycles. The molecular weight excluding hydrogens is 186 g/mol. The van der Waals surface area contributed by atoms with Crippen LogP contribution in [0.3, 0.4) is 0 Å². The molecule has 2 heterocycles. The van der Waals surface area contributed by atoms with Crippen molar-refractivity contribution in [2.45, 2.75) is 19.3 Å². The molecule has 0 unspecified atom stereocenters. The van der Waals surface area contributed by atoms with Crippen LogP contribution in [0.1, 0.15) is 24.4 Å². The maximum absolute atomic E-state index is 4.43. The molecule has 1 fully saturated rings.